The number of aromatic nitrogens is 2. The molecule has 0 amide bonds. The molecule has 0 atom stereocenters. The highest BCUT2D eigenvalue weighted by Gasteiger charge is 2.19. The highest BCUT2D eigenvalue weighted by molar-refractivity contribution is 5.51. The molecule has 0 bridgehead atoms. The Balaban J connectivity index is 2.35. The maximum absolute atomic E-state index is 5.54. The van der Waals surface area contributed by atoms with Crippen molar-refractivity contribution in [2.75, 3.05) is 36.5 Å². The number of nitrogens with zero attached hydrogens (tertiary/aromatic N) is 3. The van der Waals surface area contributed by atoms with Gasteiger partial charge in [-0.3, -0.25) is 0 Å². The lowest BCUT2D eigenvalue weighted by Gasteiger charge is -2.24. The van der Waals surface area contributed by atoms with E-state index in [1.165, 1.54) is 0 Å². The molecule has 1 aliphatic rings. The van der Waals surface area contributed by atoms with Crippen molar-refractivity contribution >= 4 is 11.8 Å². The summed E-state index contributed by atoms with van der Waals surface area (Å²) in [5, 5.41) is 3.41. The van der Waals surface area contributed by atoms with E-state index < -0.39 is 0 Å². The second kappa shape index (κ2) is 6.70. The summed E-state index contributed by atoms with van der Waals surface area (Å²) in [7, 11) is 0. The Morgan fingerprint density at radius 3 is 2.68 bits per heavy atom. The molecular formula is C14H24N4O. The highest BCUT2D eigenvalue weighted by atomic mass is 16.5. The fourth-order valence-electron chi connectivity index (χ4n) is 2.26. The van der Waals surface area contributed by atoms with Crippen molar-refractivity contribution in [1.82, 2.24) is 9.97 Å². The molecule has 0 aromatic carbocycles. The van der Waals surface area contributed by atoms with Crippen LogP contribution in [0.4, 0.5) is 11.8 Å². The van der Waals surface area contributed by atoms with Crippen LogP contribution in [0.2, 0.25) is 0 Å². The number of ether oxygens (including phenoxy) is 1. The summed E-state index contributed by atoms with van der Waals surface area (Å²) in [5.41, 5.74) is 2.28. The van der Waals surface area contributed by atoms with Crippen LogP contribution in [-0.4, -0.2) is 36.2 Å². The number of anilines is 2. The van der Waals surface area contributed by atoms with Gasteiger partial charge in [-0.05, 0) is 20.3 Å². The number of rotatable bonds is 6. The van der Waals surface area contributed by atoms with Crippen molar-refractivity contribution < 1.29 is 4.74 Å². The lowest BCUT2D eigenvalue weighted by Crippen LogP contribution is -2.27. The standard InChI is InChI=1S/C14H24N4O/c1-4-8-15-13-11-10-19-9-7-12(11)16-14(17-13)18(5-2)6-3/h4-10H2,1-3H3,(H,15,16,17). The first kappa shape index (κ1) is 14.1. The summed E-state index contributed by atoms with van der Waals surface area (Å²) < 4.78 is 5.54. The van der Waals surface area contributed by atoms with Gasteiger partial charge in [0, 0.05) is 31.6 Å². The third kappa shape index (κ3) is 3.15. The van der Waals surface area contributed by atoms with Crippen molar-refractivity contribution in [3.8, 4) is 0 Å². The van der Waals surface area contributed by atoms with E-state index >= 15 is 0 Å². The van der Waals surface area contributed by atoms with Gasteiger partial charge in [-0.2, -0.15) is 4.98 Å². The molecule has 0 fully saturated rings. The van der Waals surface area contributed by atoms with Gasteiger partial charge in [0.05, 0.1) is 18.9 Å². The molecule has 0 saturated carbocycles. The molecule has 0 aliphatic carbocycles. The predicted molar refractivity (Wildman–Crippen MR) is 77.7 cm³/mol. The zero-order valence-electron chi connectivity index (χ0n) is 12.2. The van der Waals surface area contributed by atoms with Gasteiger partial charge in [0.25, 0.3) is 0 Å². The van der Waals surface area contributed by atoms with E-state index in [9.17, 15) is 0 Å². The van der Waals surface area contributed by atoms with Crippen molar-refractivity contribution in [3.05, 3.63) is 11.3 Å². The van der Waals surface area contributed by atoms with Crippen molar-refractivity contribution in [3.63, 3.8) is 0 Å². The lowest BCUT2D eigenvalue weighted by atomic mass is 10.1. The average Bonchev–Trinajstić information content (AvgIpc) is 2.46. The Morgan fingerprint density at radius 2 is 2.00 bits per heavy atom. The van der Waals surface area contributed by atoms with Gasteiger partial charge in [0.15, 0.2) is 0 Å². The first-order chi connectivity index (χ1) is 9.30. The molecule has 0 unspecified atom stereocenters. The van der Waals surface area contributed by atoms with Gasteiger partial charge in [-0.25, -0.2) is 4.98 Å². The van der Waals surface area contributed by atoms with E-state index in [0.717, 1.165) is 62.1 Å². The average molecular weight is 264 g/mol. The van der Waals surface area contributed by atoms with E-state index in [1.807, 2.05) is 0 Å². The maximum atomic E-state index is 5.54. The summed E-state index contributed by atoms with van der Waals surface area (Å²) in [6.07, 6.45) is 1.97. The SMILES string of the molecule is CCCNc1nc(N(CC)CC)nc2c1COCC2. The van der Waals surface area contributed by atoms with E-state index in [2.05, 4.69) is 36.0 Å². The Morgan fingerprint density at radius 1 is 1.21 bits per heavy atom. The van der Waals surface area contributed by atoms with Crippen LogP contribution < -0.4 is 10.2 Å². The van der Waals surface area contributed by atoms with E-state index in [1.54, 1.807) is 0 Å². The van der Waals surface area contributed by atoms with Crippen LogP contribution >= 0.6 is 0 Å². The number of hydrogen-bond donors (Lipinski definition) is 1. The molecule has 106 valence electrons. The Bertz CT molecular complexity index is 418. The van der Waals surface area contributed by atoms with Gasteiger partial charge in [-0.15, -0.1) is 0 Å². The van der Waals surface area contributed by atoms with E-state index in [0.29, 0.717) is 6.61 Å². The molecule has 5 nitrogen and oxygen atoms in total. The van der Waals surface area contributed by atoms with Crippen LogP contribution in [0.5, 0.6) is 0 Å². The third-order valence-electron chi connectivity index (χ3n) is 3.40. The van der Waals surface area contributed by atoms with Gasteiger partial charge in [-0.1, -0.05) is 6.92 Å². The van der Waals surface area contributed by atoms with Crippen LogP contribution in [0, 0.1) is 0 Å². The molecule has 0 saturated heterocycles. The minimum Gasteiger partial charge on any atom is -0.376 e. The third-order valence-corrected chi connectivity index (χ3v) is 3.40. The van der Waals surface area contributed by atoms with Gasteiger partial charge in [0.1, 0.15) is 5.82 Å². The Hall–Kier alpha value is -1.36. The fourth-order valence-corrected chi connectivity index (χ4v) is 2.26. The van der Waals surface area contributed by atoms with Crippen molar-refractivity contribution in [2.24, 2.45) is 0 Å². The van der Waals surface area contributed by atoms with Crippen molar-refractivity contribution in [1.29, 1.82) is 0 Å². The molecule has 2 rings (SSSR count). The largest absolute Gasteiger partial charge is 0.376 e. The topological polar surface area (TPSA) is 50.3 Å². The second-order valence-electron chi connectivity index (χ2n) is 4.70. The molecule has 0 radical (unpaired) electrons. The molecule has 1 aromatic heterocycles. The maximum Gasteiger partial charge on any atom is 0.227 e. The highest BCUT2D eigenvalue weighted by Crippen LogP contribution is 2.25. The molecular weight excluding hydrogens is 240 g/mol. The fraction of sp³-hybridized carbons (Fsp3) is 0.714. The van der Waals surface area contributed by atoms with Gasteiger partial charge >= 0.3 is 0 Å². The molecule has 5 heteroatoms. The van der Waals surface area contributed by atoms with E-state index in [4.69, 9.17) is 9.72 Å². The molecule has 1 aliphatic heterocycles. The first-order valence-electron chi connectivity index (χ1n) is 7.26. The van der Waals surface area contributed by atoms with E-state index in [-0.39, 0.29) is 0 Å². The van der Waals surface area contributed by atoms with Gasteiger partial charge < -0.3 is 15.0 Å². The molecule has 1 N–H and O–H groups in total. The zero-order chi connectivity index (χ0) is 13.7. The van der Waals surface area contributed by atoms with Gasteiger partial charge in [0.2, 0.25) is 5.95 Å². The zero-order valence-corrected chi connectivity index (χ0v) is 12.2. The van der Waals surface area contributed by atoms with Crippen LogP contribution in [0.1, 0.15) is 38.4 Å². The first-order valence-corrected chi connectivity index (χ1v) is 7.26. The van der Waals surface area contributed by atoms with Crippen LogP contribution in [-0.2, 0) is 17.8 Å². The quantitative estimate of drug-likeness (QED) is 0.853. The lowest BCUT2D eigenvalue weighted by molar-refractivity contribution is 0.109. The molecule has 2 heterocycles. The summed E-state index contributed by atoms with van der Waals surface area (Å²) in [6, 6.07) is 0. The van der Waals surface area contributed by atoms with Crippen molar-refractivity contribution in [2.45, 2.75) is 40.2 Å². The monoisotopic (exact) mass is 264 g/mol. The van der Waals surface area contributed by atoms with Crippen LogP contribution in [0.25, 0.3) is 0 Å². The summed E-state index contributed by atoms with van der Waals surface area (Å²) in [6.45, 7) is 10.6. The molecule has 1 aromatic rings. The minimum atomic E-state index is 0.625. The summed E-state index contributed by atoms with van der Waals surface area (Å²) >= 11 is 0. The Kier molecular flexibility index (Phi) is 4.96. The number of fused-ring (bicyclic) bond motifs is 1. The van der Waals surface area contributed by atoms with Crippen LogP contribution in [0.3, 0.4) is 0 Å². The smallest absolute Gasteiger partial charge is 0.227 e. The van der Waals surface area contributed by atoms with Crippen LogP contribution in [0.15, 0.2) is 0 Å². The molecule has 19 heavy (non-hydrogen) atoms. The number of hydrogen-bond acceptors (Lipinski definition) is 5. The second-order valence-corrected chi connectivity index (χ2v) is 4.70. The molecule has 0 spiro atoms. The summed E-state index contributed by atoms with van der Waals surface area (Å²) in [5.74, 6) is 1.79. The number of nitrogens with one attached hydrogen (secondary N) is 1. The Labute approximate surface area is 115 Å². The predicted octanol–water partition coefficient (Wildman–Crippen LogP) is 2.22. The normalized spacial score (nSPS) is 14.1. The minimum absolute atomic E-state index is 0.625. The summed E-state index contributed by atoms with van der Waals surface area (Å²) in [4.78, 5) is 11.6.